The molecule has 0 aromatic heterocycles. The third-order valence-corrected chi connectivity index (χ3v) is 5.45. The molecule has 0 aliphatic heterocycles. The number of nitrogens with zero attached hydrogens (tertiary/aromatic N) is 1. The quantitative estimate of drug-likeness (QED) is 0.628. The van der Waals surface area contributed by atoms with Crippen LogP contribution in [0.5, 0.6) is 0 Å². The molecule has 0 heterocycles. The fourth-order valence-corrected chi connectivity index (χ4v) is 3.81. The number of halogens is 2. The fraction of sp³-hybridized carbons (Fsp3) is 0.391. The summed E-state index contributed by atoms with van der Waals surface area (Å²) in [7, 11) is 0. The van der Waals surface area contributed by atoms with Crippen molar-refractivity contribution in [2.24, 2.45) is 0 Å². The molecule has 1 atom stereocenters. The van der Waals surface area contributed by atoms with Crippen molar-refractivity contribution in [1.82, 2.24) is 10.2 Å². The van der Waals surface area contributed by atoms with E-state index in [1.807, 2.05) is 45.9 Å². The van der Waals surface area contributed by atoms with Gasteiger partial charge in [-0.2, -0.15) is 0 Å². The first-order valence-corrected chi connectivity index (χ1v) is 10.6. The highest BCUT2D eigenvalue weighted by Crippen LogP contribution is 2.24. The van der Waals surface area contributed by atoms with Crippen LogP contribution in [-0.4, -0.2) is 29.3 Å². The minimum atomic E-state index is -0.553. The van der Waals surface area contributed by atoms with Crippen molar-refractivity contribution in [3.8, 4) is 0 Å². The van der Waals surface area contributed by atoms with Gasteiger partial charge < -0.3 is 10.2 Å². The van der Waals surface area contributed by atoms with Crippen molar-refractivity contribution in [1.29, 1.82) is 0 Å². The molecule has 0 saturated heterocycles. The number of carbonyl (C=O) groups excluding carboxylic acids is 2. The molecule has 2 rings (SSSR count). The lowest BCUT2D eigenvalue weighted by Gasteiger charge is -2.31. The van der Waals surface area contributed by atoms with Gasteiger partial charge in [-0.15, -0.1) is 0 Å². The third-order valence-electron chi connectivity index (χ3n) is 4.71. The van der Waals surface area contributed by atoms with Crippen LogP contribution < -0.4 is 5.32 Å². The van der Waals surface area contributed by atoms with Crippen LogP contribution >= 0.6 is 23.2 Å². The summed E-state index contributed by atoms with van der Waals surface area (Å²) in [6.07, 6.45) is 0.755. The second kappa shape index (κ2) is 10.7. The highest BCUT2D eigenvalue weighted by Gasteiger charge is 2.28. The van der Waals surface area contributed by atoms with E-state index in [2.05, 4.69) is 11.4 Å². The summed E-state index contributed by atoms with van der Waals surface area (Å²) in [6.45, 7) is 8.60. The highest BCUT2D eigenvalue weighted by molar-refractivity contribution is 6.42. The number of likely N-dealkylation sites (N-methyl/N-ethyl adjacent to an activating group) is 1. The number of rotatable bonds is 8. The average molecular weight is 435 g/mol. The molecule has 1 unspecified atom stereocenters. The molecule has 1 N–H and O–H groups in total. The van der Waals surface area contributed by atoms with Crippen molar-refractivity contribution < 1.29 is 9.59 Å². The maximum atomic E-state index is 13.3. The molecule has 2 aromatic rings. The van der Waals surface area contributed by atoms with Crippen molar-refractivity contribution in [2.45, 2.75) is 53.1 Å². The zero-order valence-corrected chi connectivity index (χ0v) is 18.9. The van der Waals surface area contributed by atoms with Crippen LogP contribution in [0, 0.1) is 13.8 Å². The lowest BCUT2D eigenvalue weighted by atomic mass is 10.0. The Morgan fingerprint density at radius 2 is 1.62 bits per heavy atom. The van der Waals surface area contributed by atoms with Crippen LogP contribution in [0.1, 0.15) is 42.5 Å². The average Bonchev–Trinajstić information content (AvgIpc) is 2.63. The maximum absolute atomic E-state index is 13.3. The second-order valence-corrected chi connectivity index (χ2v) is 8.08. The van der Waals surface area contributed by atoms with E-state index < -0.39 is 6.04 Å². The lowest BCUT2D eigenvalue weighted by Crippen LogP contribution is -2.49. The molecule has 0 saturated carbocycles. The Kier molecular flexibility index (Phi) is 8.54. The third kappa shape index (κ3) is 6.48. The zero-order valence-electron chi connectivity index (χ0n) is 17.4. The summed E-state index contributed by atoms with van der Waals surface area (Å²) >= 11 is 12.2. The van der Waals surface area contributed by atoms with Crippen LogP contribution in [0.15, 0.2) is 36.4 Å². The summed E-state index contributed by atoms with van der Waals surface area (Å²) < 4.78 is 0. The van der Waals surface area contributed by atoms with Gasteiger partial charge in [0.1, 0.15) is 6.04 Å². The number of aryl methyl sites for hydroxylation is 2. The monoisotopic (exact) mass is 434 g/mol. The maximum Gasteiger partial charge on any atom is 0.242 e. The Morgan fingerprint density at radius 3 is 2.17 bits per heavy atom. The van der Waals surface area contributed by atoms with Crippen molar-refractivity contribution >= 4 is 35.0 Å². The smallest absolute Gasteiger partial charge is 0.242 e. The Labute approximate surface area is 183 Å². The lowest BCUT2D eigenvalue weighted by molar-refractivity contribution is -0.140. The molecular weight excluding hydrogens is 407 g/mol. The normalized spacial score (nSPS) is 11.8. The van der Waals surface area contributed by atoms with E-state index in [9.17, 15) is 9.59 Å². The van der Waals surface area contributed by atoms with Crippen LogP contribution in [0.2, 0.25) is 10.0 Å². The van der Waals surface area contributed by atoms with E-state index in [1.54, 1.807) is 17.0 Å². The van der Waals surface area contributed by atoms with E-state index in [0.29, 0.717) is 23.0 Å². The molecule has 4 nitrogen and oxygen atoms in total. The largest absolute Gasteiger partial charge is 0.355 e. The van der Waals surface area contributed by atoms with Gasteiger partial charge in [0, 0.05) is 13.1 Å². The molecule has 0 aliphatic rings. The number of amides is 2. The van der Waals surface area contributed by atoms with Gasteiger partial charge in [0.25, 0.3) is 0 Å². The number of carbonyl (C=O) groups is 2. The number of hydrogen-bond acceptors (Lipinski definition) is 2. The van der Waals surface area contributed by atoms with E-state index >= 15 is 0 Å². The number of hydrogen-bond donors (Lipinski definition) is 1. The van der Waals surface area contributed by atoms with Gasteiger partial charge in [-0.25, -0.2) is 0 Å². The summed E-state index contributed by atoms with van der Waals surface area (Å²) in [6, 6.07) is 10.8. The molecule has 6 heteroatoms. The minimum absolute atomic E-state index is 0.0980. The van der Waals surface area contributed by atoms with E-state index in [1.165, 1.54) is 0 Å². The summed E-state index contributed by atoms with van der Waals surface area (Å²) in [5.74, 6) is -0.247. The van der Waals surface area contributed by atoms with Gasteiger partial charge in [0.05, 0.1) is 16.5 Å². The molecule has 0 radical (unpaired) electrons. The molecule has 0 spiro atoms. The minimum Gasteiger partial charge on any atom is -0.355 e. The predicted molar refractivity (Wildman–Crippen MR) is 119 cm³/mol. The Hall–Kier alpha value is -2.04. The van der Waals surface area contributed by atoms with Crippen LogP contribution in [0.25, 0.3) is 0 Å². The van der Waals surface area contributed by atoms with Crippen molar-refractivity contribution in [3.05, 3.63) is 68.7 Å². The Balaban J connectivity index is 2.34. The van der Waals surface area contributed by atoms with Crippen molar-refractivity contribution in [3.63, 3.8) is 0 Å². The Bertz CT molecular complexity index is 863. The first-order valence-electron chi connectivity index (χ1n) is 9.83. The van der Waals surface area contributed by atoms with Crippen LogP contribution in [0.4, 0.5) is 0 Å². The molecule has 0 aliphatic carbocycles. The molecule has 0 bridgehead atoms. The molecule has 0 fully saturated rings. The van der Waals surface area contributed by atoms with E-state index in [4.69, 9.17) is 23.2 Å². The molecular formula is C23H28Cl2N2O2. The van der Waals surface area contributed by atoms with Crippen LogP contribution in [-0.2, 0) is 22.6 Å². The first kappa shape index (κ1) is 23.2. The molecule has 2 aromatic carbocycles. The number of nitrogens with one attached hydrogen (secondary N) is 1. The van der Waals surface area contributed by atoms with Crippen LogP contribution in [0.3, 0.4) is 0 Å². The van der Waals surface area contributed by atoms with E-state index in [-0.39, 0.29) is 24.8 Å². The summed E-state index contributed by atoms with van der Waals surface area (Å²) in [4.78, 5) is 27.6. The van der Waals surface area contributed by atoms with Gasteiger partial charge in [0.15, 0.2) is 0 Å². The van der Waals surface area contributed by atoms with Gasteiger partial charge in [-0.3, -0.25) is 9.59 Å². The second-order valence-electron chi connectivity index (χ2n) is 7.26. The Morgan fingerprint density at radius 1 is 0.966 bits per heavy atom. The fourth-order valence-electron chi connectivity index (χ4n) is 3.49. The molecule has 29 heavy (non-hydrogen) atoms. The van der Waals surface area contributed by atoms with Gasteiger partial charge in [0.2, 0.25) is 11.8 Å². The molecule has 2 amide bonds. The molecule has 156 valence electrons. The predicted octanol–water partition coefficient (Wildman–Crippen LogP) is 5.10. The number of benzene rings is 2. The highest BCUT2D eigenvalue weighted by atomic mass is 35.5. The summed E-state index contributed by atoms with van der Waals surface area (Å²) in [5.41, 5.74) is 3.99. The standard InChI is InChI=1S/C23H28Cl2N2O2/c1-5-21(23(29)26-6-2)27(14-17-7-8-19(24)20(25)12-17)22(28)13-18-10-15(3)9-16(4)11-18/h7-12,21H,5-6,13-14H2,1-4H3,(H,26,29). The van der Waals surface area contributed by atoms with Gasteiger partial charge in [-0.1, -0.05) is 65.5 Å². The van der Waals surface area contributed by atoms with Crippen molar-refractivity contribution in [2.75, 3.05) is 6.54 Å². The zero-order chi connectivity index (χ0) is 21.6. The van der Waals surface area contributed by atoms with Gasteiger partial charge >= 0.3 is 0 Å². The first-order chi connectivity index (χ1) is 13.7. The van der Waals surface area contributed by atoms with E-state index in [0.717, 1.165) is 22.3 Å². The summed E-state index contributed by atoms with van der Waals surface area (Å²) in [5, 5.41) is 3.73. The SMILES string of the molecule is CCNC(=O)C(CC)N(Cc1ccc(Cl)c(Cl)c1)C(=O)Cc1cc(C)cc(C)c1. The van der Waals surface area contributed by atoms with Gasteiger partial charge in [-0.05, 0) is 50.5 Å². The topological polar surface area (TPSA) is 49.4 Å².